The molecule has 10 amide bonds. The van der Waals surface area contributed by atoms with Gasteiger partial charge in [-0.25, -0.2) is 4.79 Å². The number of carbonyl (C=O) groups excluding carboxylic acids is 10. The molecule has 0 fully saturated rings. The van der Waals surface area contributed by atoms with Gasteiger partial charge in [-0.3, -0.25) is 47.9 Å². The van der Waals surface area contributed by atoms with Crippen LogP contribution in [0.1, 0.15) is 111 Å². The van der Waals surface area contributed by atoms with Gasteiger partial charge in [-0.1, -0.05) is 166 Å². The van der Waals surface area contributed by atoms with Crippen molar-refractivity contribution in [2.75, 3.05) is 26.2 Å². The van der Waals surface area contributed by atoms with Crippen molar-refractivity contribution >= 4 is 65.0 Å². The minimum absolute atomic E-state index is 0.00274. The van der Waals surface area contributed by atoms with Gasteiger partial charge in [-0.2, -0.15) is 0 Å². The summed E-state index contributed by atoms with van der Waals surface area (Å²) in [6.45, 7) is 4.04. The Bertz CT molecular complexity index is 3830. The van der Waals surface area contributed by atoms with Crippen molar-refractivity contribution in [3.63, 3.8) is 0 Å². The number of phenolic OH excluding ortho intramolecular Hbond substituents is 2. The first-order valence-electron chi connectivity index (χ1n) is 36.7. The van der Waals surface area contributed by atoms with Crippen LogP contribution in [0.25, 0.3) is 0 Å². The Morgan fingerprint density at radius 2 is 0.574 bits per heavy atom. The molecule has 6 rings (SSSR count). The summed E-state index contributed by atoms with van der Waals surface area (Å²) in [5.41, 5.74) is 26.6. The second kappa shape index (κ2) is 46.1. The lowest BCUT2D eigenvalue weighted by Gasteiger charge is -2.29. The van der Waals surface area contributed by atoms with Crippen LogP contribution < -0.4 is 76.1 Å². The topological polar surface area (TPSA) is 473 Å². The monoisotopic (exact) mass is 1490 g/mol. The third-order valence-electron chi connectivity index (χ3n) is 17.9. The van der Waals surface area contributed by atoms with E-state index in [1.807, 2.05) is 13.8 Å². The van der Waals surface area contributed by atoms with Gasteiger partial charge >= 0.3 is 5.97 Å². The van der Waals surface area contributed by atoms with Gasteiger partial charge in [0.25, 0.3) is 0 Å². The van der Waals surface area contributed by atoms with E-state index in [0.717, 1.165) is 0 Å². The fourth-order valence-electron chi connectivity index (χ4n) is 12.0. The number of aromatic hydroxyl groups is 2. The van der Waals surface area contributed by atoms with E-state index in [2.05, 4.69) is 53.2 Å². The number of carbonyl (C=O) groups is 11. The van der Waals surface area contributed by atoms with Gasteiger partial charge in [0.1, 0.15) is 65.9 Å². The number of unbranched alkanes of at least 4 members (excludes halogenated alkanes) is 3. The Balaban J connectivity index is 1.29. The number of carboxylic acid groups (broad SMARTS) is 1. The number of hydrogen-bond acceptors (Lipinski definition) is 17. The highest BCUT2D eigenvalue weighted by molar-refractivity contribution is 5.99. The van der Waals surface area contributed by atoms with Crippen molar-refractivity contribution in [2.24, 2.45) is 28.9 Å². The maximum absolute atomic E-state index is 15.3. The molecule has 0 aliphatic heterocycles. The molecular weight excluding hydrogens is 1380 g/mol. The number of amides is 10. The molecule has 28 nitrogen and oxygen atoms in total. The van der Waals surface area contributed by atoms with Crippen molar-refractivity contribution in [1.82, 2.24) is 53.2 Å². The average molecular weight is 1490 g/mol. The average Bonchev–Trinajstić information content (AvgIpc) is 0.843. The highest BCUT2D eigenvalue weighted by atomic mass is 16.4. The fourth-order valence-corrected chi connectivity index (χ4v) is 12.0. The second-order valence-electron chi connectivity index (χ2n) is 27.3. The van der Waals surface area contributed by atoms with Crippen LogP contribution in [0.4, 0.5) is 0 Å². The van der Waals surface area contributed by atoms with Gasteiger partial charge in [0.15, 0.2) is 0 Å². The molecule has 10 atom stereocenters. The zero-order valence-corrected chi connectivity index (χ0v) is 61.3. The van der Waals surface area contributed by atoms with Crippen LogP contribution in [0.15, 0.2) is 170 Å². The summed E-state index contributed by atoms with van der Waals surface area (Å²) >= 11 is 0. The van der Waals surface area contributed by atoms with Crippen molar-refractivity contribution < 1.29 is 68.1 Å². The van der Waals surface area contributed by atoms with E-state index in [1.54, 1.807) is 133 Å². The molecule has 6 aromatic carbocycles. The Hall–Kier alpha value is -11.1. The van der Waals surface area contributed by atoms with Crippen molar-refractivity contribution in [2.45, 2.75) is 177 Å². The zero-order valence-electron chi connectivity index (χ0n) is 61.3. The van der Waals surface area contributed by atoms with Crippen LogP contribution >= 0.6 is 0 Å². The molecule has 0 spiro atoms. The number of nitrogens with two attached hydrogens (primary N) is 4. The van der Waals surface area contributed by atoms with Gasteiger partial charge in [-0.15, -0.1) is 0 Å². The molecule has 28 heteroatoms. The van der Waals surface area contributed by atoms with Crippen molar-refractivity contribution in [3.8, 4) is 11.5 Å². The number of aliphatic carboxylic acids is 1. The molecule has 21 N–H and O–H groups in total. The fraction of sp³-hybridized carbons (Fsp3) is 0.412. The van der Waals surface area contributed by atoms with Crippen LogP contribution in [0.3, 0.4) is 0 Å². The third-order valence-corrected chi connectivity index (χ3v) is 17.9. The Kier molecular flexibility index (Phi) is 36.7. The van der Waals surface area contributed by atoms with E-state index >= 15 is 19.2 Å². The molecule has 0 radical (unpaired) electrons. The smallest absolute Gasteiger partial charge is 0.326 e. The molecule has 0 aliphatic carbocycles. The Morgan fingerprint density at radius 1 is 0.315 bits per heavy atom. The summed E-state index contributed by atoms with van der Waals surface area (Å²) in [7, 11) is 0. The van der Waals surface area contributed by atoms with E-state index in [4.69, 9.17) is 22.9 Å². The molecular formula is C80H106N14O14. The van der Waals surface area contributed by atoms with E-state index in [0.29, 0.717) is 91.4 Å². The molecule has 108 heavy (non-hydrogen) atoms. The number of rotatable bonds is 47. The molecule has 0 aromatic heterocycles. The maximum atomic E-state index is 15.3. The van der Waals surface area contributed by atoms with Crippen LogP contribution in [0.5, 0.6) is 11.5 Å². The largest absolute Gasteiger partial charge is 0.508 e. The van der Waals surface area contributed by atoms with Gasteiger partial charge in [0, 0.05) is 38.5 Å². The summed E-state index contributed by atoms with van der Waals surface area (Å²) in [6, 6.07) is 33.0. The minimum atomic E-state index is -1.53. The number of carboxylic acids is 1. The zero-order chi connectivity index (χ0) is 78.3. The molecule has 6 aromatic rings. The Labute approximate surface area is 630 Å². The van der Waals surface area contributed by atoms with Crippen LogP contribution in [-0.2, 0) is 91.3 Å². The van der Waals surface area contributed by atoms with Crippen LogP contribution in [-0.4, -0.2) is 167 Å². The van der Waals surface area contributed by atoms with Gasteiger partial charge < -0.3 is 91.4 Å². The van der Waals surface area contributed by atoms with E-state index in [1.165, 1.54) is 36.4 Å². The number of phenols is 2. The van der Waals surface area contributed by atoms with Gasteiger partial charge in [-0.05, 0) is 141 Å². The summed E-state index contributed by atoms with van der Waals surface area (Å²) in [5, 5.41) is 57.9. The highest BCUT2D eigenvalue weighted by Gasteiger charge is 2.37. The quantitative estimate of drug-likeness (QED) is 0.0243. The first kappa shape index (κ1) is 85.9. The normalized spacial score (nSPS) is 13.9. The first-order chi connectivity index (χ1) is 51.9. The van der Waals surface area contributed by atoms with Crippen molar-refractivity contribution in [3.05, 3.63) is 203 Å². The van der Waals surface area contributed by atoms with E-state index in [9.17, 15) is 48.9 Å². The number of hydrogen-bond donors (Lipinski definition) is 17. The lowest BCUT2D eigenvalue weighted by Crippen LogP contribution is -2.61. The third kappa shape index (κ3) is 30.8. The molecule has 0 heterocycles. The SMILES string of the molecule is CC(C)C[C@H](NC(=O)[C@H](Cc1ccccc1)NC(=O)[C@H](Cc1ccc(O)cc1)NC(=O)[C@H](Cc1ccccc1)NC(=O)[C@H](Cc1ccc(O)cc1)NC(=O)CNC(=O)[C@@H](N)CCCCN)C(=O)N[C@@H](Cc1ccccc1)C(=O)N[C@@H](CCCCN)C(=O)N[C@@H](Cc1ccccc1)C(=O)N[C@@H](CCCCN)C(=O)O. The number of benzene rings is 6. The Morgan fingerprint density at radius 3 is 0.889 bits per heavy atom. The minimum Gasteiger partial charge on any atom is -0.508 e. The molecule has 0 bridgehead atoms. The number of nitrogens with one attached hydrogen (secondary N) is 10. The standard InChI is InChI=1S/C80H106N14O14/c1-51(2)43-63(73(100)91-65(44-52-21-7-3-8-22-52)75(102)87-61(30-16-19-41-82)72(99)90-66(45-53-23-9-4-10-24-53)76(103)88-62(80(107)108)31-17-20-42-83)89-77(104)67(46-54-25-11-5-12-26-54)93-79(106)69(49-57-34-38-59(96)39-35-57)94-78(105)68(47-55-27-13-6-14-28-55)92-74(101)64(48-56-32-36-58(95)37-33-56)86-70(97)50-85-71(98)60(84)29-15-18-40-81/h3-14,21-28,32-39,51,60-69,95-96H,15-20,29-31,40-50,81-84H2,1-2H3,(H,85,98)(H,86,97)(H,87,102)(H,88,103)(H,89,104)(H,90,99)(H,91,100)(H,92,101)(H,93,106)(H,94,105)(H,107,108)/t60-,61-,62-,63-,64-,65-,66-,67-,68-,69-/m0/s1. The van der Waals surface area contributed by atoms with E-state index < -0.39 is 132 Å². The van der Waals surface area contributed by atoms with E-state index in [-0.39, 0.29) is 81.7 Å². The van der Waals surface area contributed by atoms with Crippen LogP contribution in [0, 0.1) is 5.92 Å². The molecule has 0 saturated heterocycles. The van der Waals surface area contributed by atoms with Crippen molar-refractivity contribution in [1.29, 1.82) is 0 Å². The molecule has 0 saturated carbocycles. The summed E-state index contributed by atoms with van der Waals surface area (Å²) < 4.78 is 0. The van der Waals surface area contributed by atoms with Gasteiger partial charge in [0.2, 0.25) is 59.1 Å². The molecule has 580 valence electrons. The lowest BCUT2D eigenvalue weighted by molar-refractivity contribution is -0.142. The molecule has 0 unspecified atom stereocenters. The van der Waals surface area contributed by atoms with Crippen LogP contribution in [0.2, 0.25) is 0 Å². The predicted molar refractivity (Wildman–Crippen MR) is 408 cm³/mol. The highest BCUT2D eigenvalue weighted by Crippen LogP contribution is 2.18. The maximum Gasteiger partial charge on any atom is 0.326 e. The summed E-state index contributed by atoms with van der Waals surface area (Å²) in [4.78, 5) is 158. The first-order valence-corrected chi connectivity index (χ1v) is 36.7. The lowest BCUT2D eigenvalue weighted by atomic mass is 9.98. The summed E-state index contributed by atoms with van der Waals surface area (Å²) in [5.74, 6) is -9.70. The second-order valence-corrected chi connectivity index (χ2v) is 27.3. The predicted octanol–water partition coefficient (Wildman–Crippen LogP) is 2.18. The van der Waals surface area contributed by atoms with Gasteiger partial charge in [0.05, 0.1) is 12.6 Å². The summed E-state index contributed by atoms with van der Waals surface area (Å²) in [6.07, 6.45) is 2.51. The molecule has 0 aliphatic rings.